The van der Waals surface area contributed by atoms with Crippen molar-refractivity contribution in [2.45, 2.75) is 27.7 Å². The number of hydrogen-bond acceptors (Lipinski definition) is 5. The van der Waals surface area contributed by atoms with E-state index in [0.29, 0.717) is 5.56 Å². The van der Waals surface area contributed by atoms with E-state index in [2.05, 4.69) is 24.0 Å². The van der Waals surface area contributed by atoms with E-state index in [1.54, 1.807) is 0 Å². The van der Waals surface area contributed by atoms with Crippen molar-refractivity contribution in [3.05, 3.63) is 80.8 Å². The van der Waals surface area contributed by atoms with E-state index in [4.69, 9.17) is 4.74 Å². The lowest BCUT2D eigenvalue weighted by molar-refractivity contribution is -0.390. The molecule has 144 valence electrons. The number of carbonyl (C=O) groups excluding carboxylic acids is 1. The number of pyridine rings is 1. The Balaban J connectivity index is 1.86. The summed E-state index contributed by atoms with van der Waals surface area (Å²) in [5, 5.41) is 11.0. The van der Waals surface area contributed by atoms with Crippen molar-refractivity contribution in [2.24, 2.45) is 0 Å². The summed E-state index contributed by atoms with van der Waals surface area (Å²) in [6.07, 6.45) is 1.31. The molecule has 0 fully saturated rings. The van der Waals surface area contributed by atoms with Crippen LogP contribution in [0.25, 0.3) is 5.69 Å². The highest BCUT2D eigenvalue weighted by molar-refractivity contribution is 5.98. The Kier molecular flexibility index (Phi) is 5.26. The fourth-order valence-electron chi connectivity index (χ4n) is 3.16. The summed E-state index contributed by atoms with van der Waals surface area (Å²) < 4.78 is 7.42. The highest BCUT2D eigenvalue weighted by atomic mass is 16.6. The third-order valence-electron chi connectivity index (χ3n) is 4.76. The van der Waals surface area contributed by atoms with Crippen molar-refractivity contribution in [1.29, 1.82) is 0 Å². The van der Waals surface area contributed by atoms with Crippen LogP contribution in [0.2, 0.25) is 0 Å². The van der Waals surface area contributed by atoms with Crippen molar-refractivity contribution in [1.82, 2.24) is 9.55 Å². The smallest absolute Gasteiger partial charge is 0.406 e. The zero-order valence-electron chi connectivity index (χ0n) is 16.2. The molecule has 0 amide bonds. The number of Topliss-reactive ketones (excluding diaryl/α,β-unsaturated/α-hetero) is 1. The van der Waals surface area contributed by atoms with Crippen LogP contribution in [0.15, 0.2) is 42.6 Å². The molecule has 0 atom stereocenters. The first-order chi connectivity index (χ1) is 13.3. The van der Waals surface area contributed by atoms with E-state index in [1.165, 1.54) is 29.5 Å². The van der Waals surface area contributed by atoms with Gasteiger partial charge in [0.05, 0.1) is 0 Å². The number of rotatable bonds is 6. The molecule has 0 radical (unpaired) electrons. The molecule has 0 N–H and O–H groups in total. The van der Waals surface area contributed by atoms with Crippen LogP contribution in [0.4, 0.5) is 5.82 Å². The molecule has 0 unspecified atom stereocenters. The summed E-state index contributed by atoms with van der Waals surface area (Å²) in [6.45, 7) is 7.61. The quantitative estimate of drug-likeness (QED) is 0.362. The van der Waals surface area contributed by atoms with Crippen LogP contribution in [-0.2, 0) is 0 Å². The van der Waals surface area contributed by atoms with E-state index in [9.17, 15) is 14.9 Å². The summed E-state index contributed by atoms with van der Waals surface area (Å²) in [4.78, 5) is 26.8. The second-order valence-electron chi connectivity index (χ2n) is 6.68. The van der Waals surface area contributed by atoms with Gasteiger partial charge in [0.25, 0.3) is 0 Å². The van der Waals surface area contributed by atoms with Crippen LogP contribution >= 0.6 is 0 Å². The van der Waals surface area contributed by atoms with Crippen molar-refractivity contribution in [3.63, 3.8) is 0 Å². The number of ether oxygens (including phenoxy) is 1. The molecular weight excluding hydrogens is 358 g/mol. The van der Waals surface area contributed by atoms with Gasteiger partial charge < -0.3 is 19.4 Å². The molecule has 7 heteroatoms. The van der Waals surface area contributed by atoms with E-state index >= 15 is 0 Å². The Morgan fingerprint density at radius 2 is 1.89 bits per heavy atom. The standard InChI is InChI=1S/C21H21N3O4/c1-13-7-8-17(10-14(13)2)23-15(3)11-18(16(23)4)19(25)12-28-20-6-5-9-22-21(20)24(26)27/h5-11H,12H2,1-4H3. The Morgan fingerprint density at radius 1 is 1.14 bits per heavy atom. The maximum absolute atomic E-state index is 12.7. The first kappa shape index (κ1) is 19.3. The second-order valence-corrected chi connectivity index (χ2v) is 6.68. The topological polar surface area (TPSA) is 87.3 Å². The first-order valence-electron chi connectivity index (χ1n) is 8.81. The lowest BCUT2D eigenvalue weighted by Gasteiger charge is -2.12. The minimum atomic E-state index is -0.634. The monoisotopic (exact) mass is 379 g/mol. The van der Waals surface area contributed by atoms with Gasteiger partial charge in [-0.05, 0) is 79.1 Å². The van der Waals surface area contributed by atoms with Crippen LogP contribution in [0.5, 0.6) is 5.75 Å². The van der Waals surface area contributed by atoms with Gasteiger partial charge in [0.1, 0.15) is 6.20 Å². The van der Waals surface area contributed by atoms with Gasteiger partial charge in [-0.15, -0.1) is 0 Å². The van der Waals surface area contributed by atoms with E-state index in [-0.39, 0.29) is 18.1 Å². The largest absolute Gasteiger partial charge is 0.477 e. The van der Waals surface area contributed by atoms with Crippen LogP contribution in [0, 0.1) is 37.8 Å². The molecule has 3 rings (SSSR count). The minimum Gasteiger partial charge on any atom is -0.477 e. The van der Waals surface area contributed by atoms with Gasteiger partial charge in [-0.2, -0.15) is 0 Å². The summed E-state index contributed by atoms with van der Waals surface area (Å²) in [5.41, 5.74) is 5.62. The van der Waals surface area contributed by atoms with Gasteiger partial charge in [-0.25, -0.2) is 0 Å². The zero-order valence-corrected chi connectivity index (χ0v) is 16.2. The molecule has 2 heterocycles. The van der Waals surface area contributed by atoms with Gasteiger partial charge in [0.15, 0.2) is 6.61 Å². The predicted molar refractivity (Wildman–Crippen MR) is 105 cm³/mol. The molecule has 0 saturated heterocycles. The zero-order chi connectivity index (χ0) is 20.4. The molecule has 0 aliphatic carbocycles. The molecular formula is C21H21N3O4. The minimum absolute atomic E-state index is 0.0242. The molecule has 0 bridgehead atoms. The van der Waals surface area contributed by atoms with Crippen LogP contribution in [0.1, 0.15) is 32.9 Å². The number of carbonyl (C=O) groups is 1. The highest BCUT2D eigenvalue weighted by Gasteiger charge is 2.20. The molecule has 28 heavy (non-hydrogen) atoms. The second kappa shape index (κ2) is 7.64. The first-order valence-corrected chi connectivity index (χ1v) is 8.81. The van der Waals surface area contributed by atoms with Crippen molar-refractivity contribution in [2.75, 3.05) is 6.61 Å². The maximum Gasteiger partial charge on any atom is 0.406 e. The summed E-state index contributed by atoms with van der Waals surface area (Å²) in [5.74, 6) is -0.680. The van der Waals surface area contributed by atoms with Gasteiger partial charge >= 0.3 is 5.82 Å². The Hall–Kier alpha value is -3.48. The van der Waals surface area contributed by atoms with Crippen LogP contribution < -0.4 is 4.74 Å². The summed E-state index contributed by atoms with van der Waals surface area (Å²) in [7, 11) is 0. The molecule has 2 aromatic heterocycles. The normalized spacial score (nSPS) is 10.7. The molecule has 0 aliphatic rings. The van der Waals surface area contributed by atoms with Gasteiger partial charge in [-0.1, -0.05) is 6.07 Å². The van der Waals surface area contributed by atoms with E-state index < -0.39 is 10.7 Å². The van der Waals surface area contributed by atoms with Crippen molar-refractivity contribution in [3.8, 4) is 11.4 Å². The van der Waals surface area contributed by atoms with Crippen molar-refractivity contribution < 1.29 is 14.5 Å². The lowest BCUT2D eigenvalue weighted by Crippen LogP contribution is -2.13. The number of nitro groups is 1. The van der Waals surface area contributed by atoms with E-state index in [0.717, 1.165) is 17.1 Å². The van der Waals surface area contributed by atoms with Gasteiger partial charge in [-0.3, -0.25) is 4.79 Å². The van der Waals surface area contributed by atoms with Gasteiger partial charge in [0, 0.05) is 22.6 Å². The Morgan fingerprint density at radius 3 is 2.57 bits per heavy atom. The number of ketones is 1. The Labute approximate surface area is 162 Å². The predicted octanol–water partition coefficient (Wildman–Crippen LogP) is 4.28. The number of hydrogen-bond donors (Lipinski definition) is 0. The third-order valence-corrected chi connectivity index (χ3v) is 4.76. The molecule has 0 aliphatic heterocycles. The number of aromatic nitrogens is 2. The average molecular weight is 379 g/mol. The highest BCUT2D eigenvalue weighted by Crippen LogP contribution is 2.25. The van der Waals surface area contributed by atoms with Crippen LogP contribution in [-0.4, -0.2) is 26.9 Å². The summed E-state index contributed by atoms with van der Waals surface area (Å²) in [6, 6.07) is 10.9. The average Bonchev–Trinajstić information content (AvgIpc) is 2.96. The Bertz CT molecular complexity index is 1070. The van der Waals surface area contributed by atoms with Gasteiger partial charge in [0.2, 0.25) is 11.5 Å². The number of benzene rings is 1. The molecule has 1 aromatic carbocycles. The van der Waals surface area contributed by atoms with Crippen molar-refractivity contribution >= 4 is 11.6 Å². The fourth-order valence-corrected chi connectivity index (χ4v) is 3.16. The fraction of sp³-hybridized carbons (Fsp3) is 0.238. The number of nitrogens with zero attached hydrogens (tertiary/aromatic N) is 3. The maximum atomic E-state index is 12.7. The molecule has 0 saturated carbocycles. The van der Waals surface area contributed by atoms with Crippen LogP contribution in [0.3, 0.4) is 0 Å². The molecule has 7 nitrogen and oxygen atoms in total. The summed E-state index contributed by atoms with van der Waals surface area (Å²) >= 11 is 0. The molecule has 3 aromatic rings. The van der Waals surface area contributed by atoms with E-state index in [1.807, 2.05) is 37.5 Å². The third kappa shape index (κ3) is 3.64. The number of aryl methyl sites for hydroxylation is 3. The lowest BCUT2D eigenvalue weighted by atomic mass is 10.1. The SMILES string of the molecule is Cc1ccc(-n2c(C)cc(C(=O)COc3cccnc3[N+](=O)[O-])c2C)cc1C. The molecule has 0 spiro atoms.